The zero-order chi connectivity index (χ0) is 11.3. The van der Waals surface area contributed by atoms with Crippen LogP contribution in [0.5, 0.6) is 5.75 Å². The fourth-order valence-corrected chi connectivity index (χ4v) is 1.12. The second-order valence-corrected chi connectivity index (χ2v) is 3.18. The van der Waals surface area contributed by atoms with Crippen LogP contribution in [0.3, 0.4) is 0 Å². The van der Waals surface area contributed by atoms with E-state index in [-0.39, 0.29) is 0 Å². The number of primary amides is 1. The SMILES string of the molecule is NCCOc1ccc(N(S)C(N)=O)cc1. The number of anilines is 1. The molecule has 0 saturated heterocycles. The lowest BCUT2D eigenvalue weighted by molar-refractivity contribution is 0.257. The van der Waals surface area contributed by atoms with Crippen LogP contribution in [0.1, 0.15) is 0 Å². The third-order valence-corrected chi connectivity index (χ3v) is 2.10. The molecule has 0 unspecified atom stereocenters. The first-order chi connectivity index (χ1) is 7.15. The van der Waals surface area contributed by atoms with Gasteiger partial charge in [0.1, 0.15) is 12.4 Å². The molecular weight excluding hydrogens is 214 g/mol. The summed E-state index contributed by atoms with van der Waals surface area (Å²) in [7, 11) is 0. The highest BCUT2D eigenvalue weighted by molar-refractivity contribution is 7.82. The quantitative estimate of drug-likeness (QED) is 0.664. The smallest absolute Gasteiger partial charge is 0.329 e. The van der Waals surface area contributed by atoms with Crippen molar-refractivity contribution in [3.05, 3.63) is 24.3 Å². The first-order valence-corrected chi connectivity index (χ1v) is 4.76. The van der Waals surface area contributed by atoms with Crippen LogP contribution in [0.15, 0.2) is 24.3 Å². The Hall–Kier alpha value is -1.40. The minimum atomic E-state index is -0.631. The number of carbonyl (C=O) groups is 1. The van der Waals surface area contributed by atoms with Gasteiger partial charge in [-0.2, -0.15) is 0 Å². The number of carbonyl (C=O) groups excluding carboxylic acids is 1. The van der Waals surface area contributed by atoms with E-state index in [2.05, 4.69) is 12.8 Å². The molecule has 0 aliphatic heterocycles. The van der Waals surface area contributed by atoms with Gasteiger partial charge in [-0.25, -0.2) is 9.10 Å². The van der Waals surface area contributed by atoms with E-state index < -0.39 is 6.03 Å². The monoisotopic (exact) mass is 227 g/mol. The normalized spacial score (nSPS) is 9.73. The standard InChI is InChI=1S/C9H13N3O2S/c10-5-6-14-8-3-1-7(2-4-8)12(15)9(11)13/h1-4,15H,5-6,10H2,(H2,11,13). The molecule has 0 radical (unpaired) electrons. The van der Waals surface area contributed by atoms with Crippen LogP contribution in [-0.4, -0.2) is 19.2 Å². The molecule has 0 aliphatic rings. The first kappa shape index (κ1) is 11.7. The van der Waals surface area contributed by atoms with Crippen molar-refractivity contribution in [2.45, 2.75) is 0 Å². The van der Waals surface area contributed by atoms with Crippen LogP contribution in [0, 0.1) is 0 Å². The molecule has 0 aromatic heterocycles. The second-order valence-electron chi connectivity index (χ2n) is 2.78. The van der Waals surface area contributed by atoms with Crippen molar-refractivity contribution in [3.63, 3.8) is 0 Å². The third-order valence-electron chi connectivity index (χ3n) is 1.68. The van der Waals surface area contributed by atoms with Gasteiger partial charge in [-0.05, 0) is 24.3 Å². The van der Waals surface area contributed by atoms with Gasteiger partial charge in [-0.1, -0.05) is 12.8 Å². The van der Waals surface area contributed by atoms with Crippen LogP contribution in [0.2, 0.25) is 0 Å². The predicted molar refractivity (Wildman–Crippen MR) is 62.0 cm³/mol. The highest BCUT2D eigenvalue weighted by atomic mass is 32.1. The van der Waals surface area contributed by atoms with Crippen molar-refractivity contribution in [2.75, 3.05) is 17.5 Å². The van der Waals surface area contributed by atoms with E-state index in [1.54, 1.807) is 24.3 Å². The molecule has 0 bridgehead atoms. The predicted octanol–water partition coefficient (Wildman–Crippen LogP) is 0.754. The Kier molecular flexibility index (Phi) is 4.26. The molecule has 0 atom stereocenters. The van der Waals surface area contributed by atoms with Crippen molar-refractivity contribution in [1.29, 1.82) is 0 Å². The van der Waals surface area contributed by atoms with Crippen LogP contribution >= 0.6 is 12.8 Å². The Bertz CT molecular complexity index is 329. The number of amides is 2. The van der Waals surface area contributed by atoms with E-state index in [0.29, 0.717) is 24.6 Å². The Morgan fingerprint density at radius 3 is 2.47 bits per heavy atom. The second kappa shape index (κ2) is 5.47. The van der Waals surface area contributed by atoms with E-state index in [1.165, 1.54) is 0 Å². The average molecular weight is 227 g/mol. The molecule has 15 heavy (non-hydrogen) atoms. The summed E-state index contributed by atoms with van der Waals surface area (Å²) in [5.41, 5.74) is 10.9. The van der Waals surface area contributed by atoms with Gasteiger partial charge in [0, 0.05) is 6.54 Å². The summed E-state index contributed by atoms with van der Waals surface area (Å²) < 4.78 is 6.31. The van der Waals surface area contributed by atoms with Gasteiger partial charge in [0.15, 0.2) is 0 Å². The van der Waals surface area contributed by atoms with E-state index in [4.69, 9.17) is 16.2 Å². The molecule has 0 saturated carbocycles. The molecule has 2 amide bonds. The van der Waals surface area contributed by atoms with Gasteiger partial charge in [0.25, 0.3) is 0 Å². The zero-order valence-corrected chi connectivity index (χ0v) is 8.98. The number of nitrogens with two attached hydrogens (primary N) is 2. The maximum absolute atomic E-state index is 10.8. The fraction of sp³-hybridized carbons (Fsp3) is 0.222. The van der Waals surface area contributed by atoms with Crippen LogP contribution in [0.25, 0.3) is 0 Å². The van der Waals surface area contributed by atoms with Crippen molar-refractivity contribution < 1.29 is 9.53 Å². The van der Waals surface area contributed by atoms with Crippen molar-refractivity contribution in [3.8, 4) is 5.75 Å². The van der Waals surface area contributed by atoms with Gasteiger partial charge in [0.05, 0.1) is 5.69 Å². The zero-order valence-electron chi connectivity index (χ0n) is 8.09. The molecular formula is C9H13N3O2S. The van der Waals surface area contributed by atoms with E-state index in [0.717, 1.165) is 4.31 Å². The fourth-order valence-electron chi connectivity index (χ4n) is 0.988. The molecule has 6 heteroatoms. The molecule has 4 N–H and O–H groups in total. The van der Waals surface area contributed by atoms with Crippen molar-refractivity contribution >= 4 is 24.5 Å². The number of urea groups is 1. The Morgan fingerprint density at radius 2 is 2.00 bits per heavy atom. The summed E-state index contributed by atoms with van der Waals surface area (Å²) >= 11 is 3.92. The van der Waals surface area contributed by atoms with Gasteiger partial charge in [-0.15, -0.1) is 0 Å². The molecule has 1 aromatic carbocycles. The molecule has 0 heterocycles. The van der Waals surface area contributed by atoms with E-state index in [1.807, 2.05) is 0 Å². The molecule has 5 nitrogen and oxygen atoms in total. The number of hydrogen-bond donors (Lipinski definition) is 3. The summed E-state index contributed by atoms with van der Waals surface area (Å²) in [5.74, 6) is 0.690. The highest BCUT2D eigenvalue weighted by Gasteiger charge is 2.06. The maximum Gasteiger partial charge on any atom is 0.329 e. The largest absolute Gasteiger partial charge is 0.492 e. The van der Waals surface area contributed by atoms with Crippen LogP contribution in [-0.2, 0) is 0 Å². The lowest BCUT2D eigenvalue weighted by Gasteiger charge is -2.13. The minimum Gasteiger partial charge on any atom is -0.492 e. The Labute approximate surface area is 93.5 Å². The number of benzene rings is 1. The molecule has 1 aromatic rings. The molecule has 0 aliphatic carbocycles. The van der Waals surface area contributed by atoms with Crippen LogP contribution < -0.4 is 20.5 Å². The van der Waals surface area contributed by atoms with E-state index >= 15 is 0 Å². The molecule has 1 rings (SSSR count). The van der Waals surface area contributed by atoms with Gasteiger partial charge in [0.2, 0.25) is 0 Å². The topological polar surface area (TPSA) is 81.6 Å². The Morgan fingerprint density at radius 1 is 1.40 bits per heavy atom. The minimum absolute atomic E-state index is 0.458. The number of nitrogens with zero attached hydrogens (tertiary/aromatic N) is 1. The van der Waals surface area contributed by atoms with Crippen molar-refractivity contribution in [1.82, 2.24) is 0 Å². The third kappa shape index (κ3) is 3.34. The summed E-state index contributed by atoms with van der Waals surface area (Å²) in [5, 5.41) is 0. The first-order valence-electron chi connectivity index (χ1n) is 4.36. The number of rotatable bonds is 4. The number of hydrogen-bond acceptors (Lipinski definition) is 4. The summed E-state index contributed by atoms with van der Waals surface area (Å²) in [6.07, 6.45) is 0. The lowest BCUT2D eigenvalue weighted by atomic mass is 10.3. The molecule has 0 spiro atoms. The summed E-state index contributed by atoms with van der Waals surface area (Å²) in [6, 6.07) is 6.18. The summed E-state index contributed by atoms with van der Waals surface area (Å²) in [4.78, 5) is 10.8. The van der Waals surface area contributed by atoms with Gasteiger partial charge in [-0.3, -0.25) is 0 Å². The number of thiol groups is 1. The number of ether oxygens (including phenoxy) is 1. The molecule has 82 valence electrons. The van der Waals surface area contributed by atoms with Gasteiger partial charge < -0.3 is 16.2 Å². The van der Waals surface area contributed by atoms with Crippen LogP contribution in [0.4, 0.5) is 10.5 Å². The maximum atomic E-state index is 10.8. The lowest BCUT2D eigenvalue weighted by Crippen LogP contribution is -2.27. The van der Waals surface area contributed by atoms with E-state index in [9.17, 15) is 4.79 Å². The average Bonchev–Trinajstić information content (AvgIpc) is 2.26. The summed E-state index contributed by atoms with van der Waals surface area (Å²) in [6.45, 7) is 0.918. The Balaban J connectivity index is 2.67. The highest BCUT2D eigenvalue weighted by Crippen LogP contribution is 2.20. The van der Waals surface area contributed by atoms with Crippen molar-refractivity contribution in [2.24, 2.45) is 11.5 Å². The molecule has 0 fully saturated rings. The van der Waals surface area contributed by atoms with Gasteiger partial charge >= 0.3 is 6.03 Å².